The summed E-state index contributed by atoms with van der Waals surface area (Å²) < 4.78 is 0.593. The molecule has 0 bridgehead atoms. The van der Waals surface area contributed by atoms with Gasteiger partial charge in [0.25, 0.3) is 5.91 Å². The summed E-state index contributed by atoms with van der Waals surface area (Å²) in [4.78, 5) is 12.0. The highest BCUT2D eigenvalue weighted by Gasteiger charge is 2.11. The van der Waals surface area contributed by atoms with Gasteiger partial charge in [-0.2, -0.15) is 0 Å². The van der Waals surface area contributed by atoms with Gasteiger partial charge in [-0.1, -0.05) is 23.2 Å². The number of aromatic hydroxyl groups is 1. The van der Waals surface area contributed by atoms with Crippen molar-refractivity contribution in [3.05, 3.63) is 56.5 Å². The largest absolute Gasteiger partial charge is 0.506 e. The summed E-state index contributed by atoms with van der Waals surface area (Å²) in [6.45, 7) is 0. The van der Waals surface area contributed by atoms with E-state index in [0.717, 1.165) is 0 Å². The van der Waals surface area contributed by atoms with Crippen LogP contribution < -0.4 is 5.32 Å². The molecule has 0 aliphatic heterocycles. The Labute approximate surface area is 128 Å². The SMILES string of the molecule is O=C(Nc1ccc(Cl)c(O)c1)c1ccc(Cl)cc1Br. The molecule has 1 amide bonds. The Morgan fingerprint density at radius 3 is 2.53 bits per heavy atom. The smallest absolute Gasteiger partial charge is 0.256 e. The molecule has 6 heteroatoms. The zero-order valence-electron chi connectivity index (χ0n) is 9.45. The van der Waals surface area contributed by atoms with Crippen molar-refractivity contribution >= 4 is 50.7 Å². The van der Waals surface area contributed by atoms with Crippen LogP contribution in [0.4, 0.5) is 5.69 Å². The van der Waals surface area contributed by atoms with E-state index in [0.29, 0.717) is 20.7 Å². The van der Waals surface area contributed by atoms with Crippen LogP contribution in [-0.4, -0.2) is 11.0 Å². The first kappa shape index (κ1) is 14.2. The van der Waals surface area contributed by atoms with Gasteiger partial charge in [-0.25, -0.2) is 0 Å². The molecule has 0 spiro atoms. The van der Waals surface area contributed by atoms with E-state index in [2.05, 4.69) is 21.2 Å². The van der Waals surface area contributed by atoms with E-state index >= 15 is 0 Å². The highest BCUT2D eigenvalue weighted by atomic mass is 79.9. The maximum Gasteiger partial charge on any atom is 0.256 e. The monoisotopic (exact) mass is 359 g/mol. The molecule has 0 aliphatic carbocycles. The van der Waals surface area contributed by atoms with Crippen molar-refractivity contribution in [2.45, 2.75) is 0 Å². The van der Waals surface area contributed by atoms with Crippen molar-refractivity contribution in [3.8, 4) is 5.75 Å². The van der Waals surface area contributed by atoms with E-state index in [1.54, 1.807) is 24.3 Å². The number of benzene rings is 2. The van der Waals surface area contributed by atoms with Gasteiger partial charge < -0.3 is 10.4 Å². The fourth-order valence-electron chi connectivity index (χ4n) is 1.46. The van der Waals surface area contributed by atoms with Crippen LogP contribution in [0.5, 0.6) is 5.75 Å². The summed E-state index contributed by atoms with van der Waals surface area (Å²) in [6, 6.07) is 9.35. The molecular weight excluding hydrogens is 353 g/mol. The molecule has 0 saturated heterocycles. The van der Waals surface area contributed by atoms with Crippen molar-refractivity contribution in [2.75, 3.05) is 5.32 Å². The Morgan fingerprint density at radius 2 is 1.89 bits per heavy atom. The molecular formula is C13H8BrCl2NO2. The van der Waals surface area contributed by atoms with Crippen molar-refractivity contribution in [2.24, 2.45) is 0 Å². The lowest BCUT2D eigenvalue weighted by Gasteiger charge is -2.08. The van der Waals surface area contributed by atoms with Gasteiger partial charge in [0.1, 0.15) is 5.75 Å². The van der Waals surface area contributed by atoms with E-state index in [4.69, 9.17) is 23.2 Å². The third kappa shape index (κ3) is 3.41. The standard InChI is InChI=1S/C13H8BrCl2NO2/c14-10-5-7(15)1-3-9(10)13(19)17-8-2-4-11(16)12(18)6-8/h1-6,18H,(H,17,19). The maximum atomic E-state index is 12.0. The molecule has 2 aromatic carbocycles. The van der Waals surface area contributed by atoms with E-state index < -0.39 is 0 Å². The van der Waals surface area contributed by atoms with Crippen LogP contribution in [0.3, 0.4) is 0 Å². The average molecular weight is 361 g/mol. The minimum atomic E-state index is -0.315. The minimum absolute atomic E-state index is 0.0883. The molecule has 0 saturated carbocycles. The topological polar surface area (TPSA) is 49.3 Å². The number of amides is 1. The lowest BCUT2D eigenvalue weighted by molar-refractivity contribution is 0.102. The molecule has 0 radical (unpaired) electrons. The lowest BCUT2D eigenvalue weighted by atomic mass is 10.2. The quantitative estimate of drug-likeness (QED) is 0.814. The third-order valence-electron chi connectivity index (χ3n) is 2.38. The molecule has 0 atom stereocenters. The Morgan fingerprint density at radius 1 is 1.16 bits per heavy atom. The molecule has 3 nitrogen and oxygen atoms in total. The Hall–Kier alpha value is -1.23. The number of phenols is 1. The molecule has 2 rings (SSSR count). The number of hydrogen-bond acceptors (Lipinski definition) is 2. The summed E-state index contributed by atoms with van der Waals surface area (Å²) in [5.41, 5.74) is 0.896. The molecule has 0 unspecified atom stereocenters. The second-order valence-electron chi connectivity index (χ2n) is 3.74. The van der Waals surface area contributed by atoms with E-state index in [1.807, 2.05) is 0 Å². The fraction of sp³-hybridized carbons (Fsp3) is 0. The molecule has 2 aromatic rings. The van der Waals surface area contributed by atoms with Gasteiger partial charge in [0.05, 0.1) is 10.6 Å². The van der Waals surface area contributed by atoms with Gasteiger partial charge in [0.2, 0.25) is 0 Å². The first-order valence-corrected chi connectivity index (χ1v) is 6.77. The number of phenolic OH excluding ortho intramolecular Hbond substituents is 1. The van der Waals surface area contributed by atoms with Crippen LogP contribution in [0.15, 0.2) is 40.9 Å². The lowest BCUT2D eigenvalue weighted by Crippen LogP contribution is -2.12. The average Bonchev–Trinajstić information content (AvgIpc) is 2.33. The summed E-state index contributed by atoms with van der Waals surface area (Å²) in [5.74, 6) is -0.403. The summed E-state index contributed by atoms with van der Waals surface area (Å²) in [5, 5.41) is 12.9. The number of anilines is 1. The minimum Gasteiger partial charge on any atom is -0.506 e. The number of rotatable bonds is 2. The van der Waals surface area contributed by atoms with E-state index in [1.165, 1.54) is 12.1 Å². The normalized spacial score (nSPS) is 10.3. The maximum absolute atomic E-state index is 12.0. The molecule has 98 valence electrons. The predicted octanol–water partition coefficient (Wildman–Crippen LogP) is 4.71. The fourth-order valence-corrected chi connectivity index (χ4v) is 2.44. The van der Waals surface area contributed by atoms with Gasteiger partial charge >= 0.3 is 0 Å². The van der Waals surface area contributed by atoms with Crippen molar-refractivity contribution in [1.29, 1.82) is 0 Å². The van der Waals surface area contributed by atoms with Crippen LogP contribution in [0.2, 0.25) is 10.0 Å². The summed E-state index contributed by atoms with van der Waals surface area (Å²) in [7, 11) is 0. The third-order valence-corrected chi connectivity index (χ3v) is 3.59. The molecule has 19 heavy (non-hydrogen) atoms. The first-order valence-electron chi connectivity index (χ1n) is 5.22. The van der Waals surface area contributed by atoms with E-state index in [9.17, 15) is 9.90 Å². The van der Waals surface area contributed by atoms with Crippen molar-refractivity contribution in [1.82, 2.24) is 0 Å². The number of nitrogens with one attached hydrogen (secondary N) is 1. The van der Waals surface area contributed by atoms with Crippen LogP contribution in [0.25, 0.3) is 0 Å². The Bertz CT molecular complexity index is 647. The van der Waals surface area contributed by atoms with Gasteiger partial charge in [0.15, 0.2) is 0 Å². The van der Waals surface area contributed by atoms with Gasteiger partial charge in [-0.05, 0) is 46.3 Å². The first-order chi connectivity index (χ1) is 8.97. The van der Waals surface area contributed by atoms with Crippen LogP contribution >= 0.6 is 39.1 Å². The number of halogens is 3. The van der Waals surface area contributed by atoms with Gasteiger partial charge in [0, 0.05) is 21.2 Å². The Balaban J connectivity index is 2.23. The number of carbonyl (C=O) groups excluding carboxylic acids is 1. The van der Waals surface area contributed by atoms with Gasteiger partial charge in [-0.15, -0.1) is 0 Å². The van der Waals surface area contributed by atoms with Crippen molar-refractivity contribution in [3.63, 3.8) is 0 Å². The summed E-state index contributed by atoms with van der Waals surface area (Å²) in [6.07, 6.45) is 0. The van der Waals surface area contributed by atoms with Crippen LogP contribution in [-0.2, 0) is 0 Å². The predicted molar refractivity (Wildman–Crippen MR) is 80.2 cm³/mol. The van der Waals surface area contributed by atoms with Crippen LogP contribution in [0, 0.1) is 0 Å². The zero-order chi connectivity index (χ0) is 14.0. The molecule has 0 fully saturated rings. The van der Waals surface area contributed by atoms with E-state index in [-0.39, 0.29) is 16.7 Å². The number of hydrogen-bond donors (Lipinski definition) is 2. The molecule has 0 heterocycles. The molecule has 2 N–H and O–H groups in total. The summed E-state index contributed by atoms with van der Waals surface area (Å²) >= 11 is 14.8. The van der Waals surface area contributed by atoms with Gasteiger partial charge in [-0.3, -0.25) is 4.79 Å². The zero-order valence-corrected chi connectivity index (χ0v) is 12.6. The highest BCUT2D eigenvalue weighted by molar-refractivity contribution is 9.10. The Kier molecular flexibility index (Phi) is 4.34. The second-order valence-corrected chi connectivity index (χ2v) is 5.44. The second kappa shape index (κ2) is 5.82. The van der Waals surface area contributed by atoms with Crippen LogP contribution in [0.1, 0.15) is 10.4 Å². The molecule has 0 aliphatic rings. The number of carbonyl (C=O) groups is 1. The van der Waals surface area contributed by atoms with Crippen molar-refractivity contribution < 1.29 is 9.90 Å². The highest BCUT2D eigenvalue weighted by Crippen LogP contribution is 2.27. The molecule has 0 aromatic heterocycles.